The van der Waals surface area contributed by atoms with Crippen molar-refractivity contribution in [3.8, 4) is 0 Å². The summed E-state index contributed by atoms with van der Waals surface area (Å²) in [6.45, 7) is 2.85. The van der Waals surface area contributed by atoms with Crippen LogP contribution >= 0.6 is 0 Å². The lowest BCUT2D eigenvalue weighted by Gasteiger charge is -2.12. The topological polar surface area (TPSA) is 53.6 Å². The van der Waals surface area contributed by atoms with E-state index in [9.17, 15) is 4.79 Å². The molecule has 5 nitrogen and oxygen atoms in total. The van der Waals surface area contributed by atoms with Gasteiger partial charge in [0.05, 0.1) is 6.61 Å². The van der Waals surface area contributed by atoms with Crippen molar-refractivity contribution in [3.63, 3.8) is 0 Å². The van der Waals surface area contributed by atoms with Crippen LogP contribution in [0.25, 0.3) is 0 Å². The Balaban J connectivity index is 2.29. The van der Waals surface area contributed by atoms with E-state index >= 15 is 0 Å². The first kappa shape index (κ1) is 14.3. The number of amides is 2. The van der Waals surface area contributed by atoms with Crippen LogP contribution in [0, 0.1) is 0 Å². The first-order valence-corrected chi connectivity index (χ1v) is 6.05. The molecule has 0 aliphatic rings. The molecule has 18 heavy (non-hydrogen) atoms. The van der Waals surface area contributed by atoms with E-state index in [-0.39, 0.29) is 6.03 Å². The summed E-state index contributed by atoms with van der Waals surface area (Å²) in [6.07, 6.45) is 0.799. The summed E-state index contributed by atoms with van der Waals surface area (Å²) in [5.41, 5.74) is 4.65. The summed E-state index contributed by atoms with van der Waals surface area (Å²) >= 11 is 0. The maximum atomic E-state index is 11.2. The van der Waals surface area contributed by atoms with Crippen LogP contribution in [0.15, 0.2) is 24.3 Å². The van der Waals surface area contributed by atoms with E-state index in [0.717, 1.165) is 6.42 Å². The molecule has 0 aliphatic heterocycles. The van der Waals surface area contributed by atoms with Gasteiger partial charge in [0.2, 0.25) is 0 Å². The van der Waals surface area contributed by atoms with E-state index in [0.29, 0.717) is 13.2 Å². The zero-order valence-corrected chi connectivity index (χ0v) is 11.2. The Hall–Kier alpha value is -1.75. The van der Waals surface area contributed by atoms with Crippen molar-refractivity contribution in [2.75, 3.05) is 32.1 Å². The molecule has 0 radical (unpaired) electrons. The lowest BCUT2D eigenvalue weighted by molar-refractivity contribution is 0.0708. The van der Waals surface area contributed by atoms with Crippen molar-refractivity contribution in [3.05, 3.63) is 29.8 Å². The molecule has 0 bridgehead atoms. The van der Waals surface area contributed by atoms with E-state index in [2.05, 4.69) is 40.0 Å². The average Bonchev–Trinajstić information content (AvgIpc) is 2.37. The van der Waals surface area contributed by atoms with Crippen molar-refractivity contribution >= 4 is 11.7 Å². The maximum Gasteiger partial charge on any atom is 0.338 e. The van der Waals surface area contributed by atoms with Gasteiger partial charge in [-0.15, -0.1) is 0 Å². The Kier molecular flexibility index (Phi) is 6.00. The quantitative estimate of drug-likeness (QED) is 0.754. The van der Waals surface area contributed by atoms with E-state index in [1.54, 1.807) is 0 Å². The first-order valence-electron chi connectivity index (χ1n) is 6.05. The molecule has 1 rings (SSSR count). The van der Waals surface area contributed by atoms with Crippen LogP contribution in [0.1, 0.15) is 12.5 Å². The van der Waals surface area contributed by atoms with Crippen LogP contribution < -0.4 is 15.7 Å². The smallest absolute Gasteiger partial charge is 0.338 e. The first-order chi connectivity index (χ1) is 8.63. The summed E-state index contributed by atoms with van der Waals surface area (Å²) in [7, 11) is 4.02. The summed E-state index contributed by atoms with van der Waals surface area (Å²) in [5, 5.41) is 2.72. The molecule has 0 unspecified atom stereocenters. The molecule has 5 heteroatoms. The van der Waals surface area contributed by atoms with Crippen molar-refractivity contribution < 1.29 is 9.63 Å². The Labute approximate surface area is 108 Å². The number of hydroxylamine groups is 1. The number of rotatable bonds is 6. The van der Waals surface area contributed by atoms with Crippen LogP contribution in [0.4, 0.5) is 10.5 Å². The van der Waals surface area contributed by atoms with Gasteiger partial charge in [0.15, 0.2) is 0 Å². The number of nitrogens with one attached hydrogen (secondary N) is 2. The Morgan fingerprint density at radius 3 is 2.50 bits per heavy atom. The average molecular weight is 251 g/mol. The highest BCUT2D eigenvalue weighted by molar-refractivity contribution is 5.72. The molecule has 0 atom stereocenters. The van der Waals surface area contributed by atoms with Gasteiger partial charge >= 0.3 is 6.03 Å². The van der Waals surface area contributed by atoms with Crippen molar-refractivity contribution in [1.82, 2.24) is 10.8 Å². The second-order valence-corrected chi connectivity index (χ2v) is 4.10. The highest BCUT2D eigenvalue weighted by Gasteiger charge is 2.00. The number of hydrogen-bond acceptors (Lipinski definition) is 3. The molecule has 100 valence electrons. The van der Waals surface area contributed by atoms with Gasteiger partial charge in [-0.3, -0.25) is 4.84 Å². The van der Waals surface area contributed by atoms with Gasteiger partial charge in [0.1, 0.15) is 0 Å². The number of urea groups is 1. The van der Waals surface area contributed by atoms with Crippen LogP contribution in [-0.2, 0) is 11.3 Å². The monoisotopic (exact) mass is 251 g/mol. The summed E-state index contributed by atoms with van der Waals surface area (Å²) in [6, 6.07) is 7.96. The van der Waals surface area contributed by atoms with Crippen LogP contribution in [0.3, 0.4) is 0 Å². The van der Waals surface area contributed by atoms with Crippen LogP contribution in [0.5, 0.6) is 0 Å². The fourth-order valence-electron chi connectivity index (χ4n) is 1.45. The minimum Gasteiger partial charge on any atom is -0.378 e. The Morgan fingerprint density at radius 2 is 1.94 bits per heavy atom. The maximum absolute atomic E-state index is 11.2. The number of anilines is 1. The number of nitrogens with zero attached hydrogens (tertiary/aromatic N) is 1. The highest BCUT2D eigenvalue weighted by Crippen LogP contribution is 2.12. The molecule has 0 saturated carbocycles. The minimum atomic E-state index is -0.304. The van der Waals surface area contributed by atoms with Gasteiger partial charge < -0.3 is 10.2 Å². The minimum absolute atomic E-state index is 0.304. The molecule has 2 N–H and O–H groups in total. The predicted molar refractivity (Wildman–Crippen MR) is 72.6 cm³/mol. The van der Waals surface area contributed by atoms with Crippen molar-refractivity contribution in [1.29, 1.82) is 0 Å². The summed E-state index contributed by atoms with van der Waals surface area (Å²) < 4.78 is 0. The summed E-state index contributed by atoms with van der Waals surface area (Å²) in [4.78, 5) is 18.0. The zero-order chi connectivity index (χ0) is 13.4. The van der Waals surface area contributed by atoms with E-state index in [1.165, 1.54) is 11.3 Å². The van der Waals surface area contributed by atoms with Crippen LogP contribution in [0.2, 0.25) is 0 Å². The molecule has 0 saturated heterocycles. The third kappa shape index (κ3) is 5.05. The molecule has 1 aromatic rings. The lowest BCUT2D eigenvalue weighted by Crippen LogP contribution is -2.36. The van der Waals surface area contributed by atoms with Crippen molar-refractivity contribution in [2.24, 2.45) is 0 Å². The third-order valence-electron chi connectivity index (χ3n) is 2.46. The molecule has 0 aliphatic carbocycles. The molecular formula is C13H21N3O2. The number of benzene rings is 1. The SMILES string of the molecule is CCONC(=O)NCCc1ccc(N(C)C)cc1. The highest BCUT2D eigenvalue weighted by atomic mass is 16.7. The van der Waals surface area contributed by atoms with Crippen molar-refractivity contribution in [2.45, 2.75) is 13.3 Å². The van der Waals surface area contributed by atoms with Gasteiger partial charge in [0, 0.05) is 26.3 Å². The molecule has 0 spiro atoms. The number of hydrogen-bond donors (Lipinski definition) is 2. The third-order valence-corrected chi connectivity index (χ3v) is 2.46. The normalized spacial score (nSPS) is 9.94. The van der Waals surface area contributed by atoms with Crippen LogP contribution in [-0.4, -0.2) is 33.3 Å². The predicted octanol–water partition coefficient (Wildman–Crippen LogP) is 1.55. The van der Waals surface area contributed by atoms with Gasteiger partial charge in [-0.05, 0) is 31.0 Å². The number of carbonyl (C=O) groups excluding carboxylic acids is 1. The van der Waals surface area contributed by atoms with E-state index < -0.39 is 0 Å². The van der Waals surface area contributed by atoms with E-state index in [1.807, 2.05) is 21.0 Å². The van der Waals surface area contributed by atoms with Gasteiger partial charge in [-0.1, -0.05) is 12.1 Å². The standard InChI is InChI=1S/C13H21N3O2/c1-4-18-15-13(17)14-10-9-11-5-7-12(8-6-11)16(2)3/h5-8H,4,9-10H2,1-3H3,(H2,14,15,17). The molecule has 0 aromatic heterocycles. The van der Waals surface area contributed by atoms with Gasteiger partial charge in [-0.25, -0.2) is 10.3 Å². The fourth-order valence-corrected chi connectivity index (χ4v) is 1.45. The largest absolute Gasteiger partial charge is 0.378 e. The van der Waals surface area contributed by atoms with Gasteiger partial charge in [0.25, 0.3) is 0 Å². The fraction of sp³-hybridized carbons (Fsp3) is 0.462. The van der Waals surface area contributed by atoms with Gasteiger partial charge in [-0.2, -0.15) is 0 Å². The molecular weight excluding hydrogens is 230 g/mol. The summed E-state index contributed by atoms with van der Waals surface area (Å²) in [5.74, 6) is 0. The number of carbonyl (C=O) groups is 1. The second kappa shape index (κ2) is 7.55. The van der Waals surface area contributed by atoms with E-state index in [4.69, 9.17) is 4.84 Å². The second-order valence-electron chi connectivity index (χ2n) is 4.10. The molecule has 1 aromatic carbocycles. The molecule has 2 amide bonds. The zero-order valence-electron chi connectivity index (χ0n) is 11.2. The Bertz CT molecular complexity index is 363. The molecule has 0 heterocycles. The lowest BCUT2D eigenvalue weighted by atomic mass is 10.1. The Morgan fingerprint density at radius 1 is 1.28 bits per heavy atom. The molecule has 0 fully saturated rings.